The van der Waals surface area contributed by atoms with Crippen LogP contribution in [0.5, 0.6) is 0 Å². The van der Waals surface area contributed by atoms with E-state index in [1.54, 1.807) is 19.1 Å². The summed E-state index contributed by atoms with van der Waals surface area (Å²) in [6.07, 6.45) is 4.64. The van der Waals surface area contributed by atoms with E-state index in [4.69, 9.17) is 31.8 Å². The van der Waals surface area contributed by atoms with Crippen LogP contribution in [0.1, 0.15) is 36.8 Å². The van der Waals surface area contributed by atoms with Gasteiger partial charge in [0.05, 0.1) is 19.3 Å². The highest BCUT2D eigenvalue weighted by molar-refractivity contribution is 6.30. The summed E-state index contributed by atoms with van der Waals surface area (Å²) in [4.78, 5) is 20.2. The first kappa shape index (κ1) is 18.7. The van der Waals surface area contributed by atoms with Crippen molar-refractivity contribution in [3.63, 3.8) is 0 Å². The minimum atomic E-state index is -0.982. The second-order valence-corrected chi connectivity index (χ2v) is 8.26. The Balaban J connectivity index is 1.82. The maximum atomic E-state index is 13.7. The molecule has 0 aromatic heterocycles. The molecule has 1 amide bonds. The average molecular weight is 392 g/mol. The van der Waals surface area contributed by atoms with Crippen LogP contribution in [-0.2, 0) is 26.2 Å². The van der Waals surface area contributed by atoms with E-state index in [2.05, 4.69) is 0 Å². The summed E-state index contributed by atoms with van der Waals surface area (Å²) in [6, 6.07) is 5.83. The molecule has 4 rings (SSSR count). The lowest BCUT2D eigenvalue weighted by atomic mass is 9.61. The Morgan fingerprint density at radius 2 is 2.07 bits per heavy atom. The first-order chi connectivity index (χ1) is 13.0. The van der Waals surface area contributed by atoms with Gasteiger partial charge in [-0.25, -0.2) is 4.99 Å². The summed E-state index contributed by atoms with van der Waals surface area (Å²) in [6.45, 7) is 0.818. The van der Waals surface area contributed by atoms with Gasteiger partial charge in [-0.1, -0.05) is 17.7 Å². The molecule has 1 atom stereocenters. The van der Waals surface area contributed by atoms with E-state index in [0.29, 0.717) is 18.2 Å². The highest BCUT2D eigenvalue weighted by Gasteiger charge is 2.66. The highest BCUT2D eigenvalue weighted by atomic mass is 35.5. The standard InChI is InChI=1S/C20H26ClN3O3/c1-26-10-9-24-17(25)20(23-18(24)22)16-11-14(21)4-3-13(16)12-19(20)7-5-15(27-2)6-8-19/h3-4,11,15H,5-10,12H2,1-2H3,(H2,22,23). The van der Waals surface area contributed by atoms with E-state index >= 15 is 0 Å². The number of halogens is 1. The molecular formula is C20H26ClN3O3. The summed E-state index contributed by atoms with van der Waals surface area (Å²) in [5.41, 5.74) is 7.05. The number of hydrogen-bond donors (Lipinski definition) is 1. The maximum absolute atomic E-state index is 13.7. The van der Waals surface area contributed by atoms with E-state index < -0.39 is 5.54 Å². The number of methoxy groups -OCH3 is 2. The van der Waals surface area contributed by atoms with Gasteiger partial charge in [-0.3, -0.25) is 9.69 Å². The summed E-state index contributed by atoms with van der Waals surface area (Å²) >= 11 is 6.32. The molecular weight excluding hydrogens is 366 g/mol. The number of amides is 1. The van der Waals surface area contributed by atoms with Gasteiger partial charge in [-0.2, -0.15) is 0 Å². The van der Waals surface area contributed by atoms with Crippen molar-refractivity contribution in [3.8, 4) is 0 Å². The second kappa shape index (κ2) is 6.76. The predicted molar refractivity (Wildman–Crippen MR) is 104 cm³/mol. The Kier molecular flexibility index (Phi) is 4.69. The lowest BCUT2D eigenvalue weighted by Crippen LogP contribution is -2.52. The third-order valence-corrected chi connectivity index (χ3v) is 6.85. The number of benzene rings is 1. The van der Waals surface area contributed by atoms with Crippen LogP contribution >= 0.6 is 11.6 Å². The van der Waals surface area contributed by atoms with Gasteiger partial charge >= 0.3 is 0 Å². The van der Waals surface area contributed by atoms with Gasteiger partial charge in [0, 0.05) is 24.7 Å². The molecule has 1 aromatic rings. The summed E-state index contributed by atoms with van der Waals surface area (Å²) in [5, 5.41) is 0.618. The van der Waals surface area contributed by atoms with Crippen molar-refractivity contribution in [3.05, 3.63) is 34.3 Å². The van der Waals surface area contributed by atoms with Crippen molar-refractivity contribution >= 4 is 23.5 Å². The predicted octanol–water partition coefficient (Wildman–Crippen LogP) is 2.47. The zero-order chi connectivity index (χ0) is 19.2. The minimum absolute atomic E-state index is 0.0473. The number of fused-ring (bicyclic) bond motifs is 3. The van der Waals surface area contributed by atoms with Crippen LogP contribution in [0.3, 0.4) is 0 Å². The average Bonchev–Trinajstić information content (AvgIpc) is 3.07. The van der Waals surface area contributed by atoms with Crippen molar-refractivity contribution in [2.45, 2.75) is 43.7 Å². The first-order valence-electron chi connectivity index (χ1n) is 9.45. The van der Waals surface area contributed by atoms with E-state index in [1.807, 2.05) is 18.2 Å². The molecule has 1 aromatic carbocycles. The fourth-order valence-electron chi connectivity index (χ4n) is 5.23. The molecule has 2 aliphatic carbocycles. The lowest BCUT2D eigenvalue weighted by Gasteiger charge is -2.45. The molecule has 1 aliphatic heterocycles. The Labute approximate surface area is 164 Å². The number of rotatable bonds is 4. The topological polar surface area (TPSA) is 77.2 Å². The monoisotopic (exact) mass is 391 g/mol. The van der Waals surface area contributed by atoms with Gasteiger partial charge in [0.2, 0.25) is 0 Å². The maximum Gasteiger partial charge on any atom is 0.262 e. The molecule has 1 fully saturated rings. The Morgan fingerprint density at radius 1 is 1.33 bits per heavy atom. The van der Waals surface area contributed by atoms with Crippen molar-refractivity contribution < 1.29 is 14.3 Å². The molecule has 0 saturated heterocycles. The van der Waals surface area contributed by atoms with Gasteiger partial charge in [-0.15, -0.1) is 0 Å². The van der Waals surface area contributed by atoms with Gasteiger partial charge < -0.3 is 15.2 Å². The Bertz CT molecular complexity index is 789. The third kappa shape index (κ3) is 2.61. The van der Waals surface area contributed by atoms with Crippen LogP contribution < -0.4 is 5.73 Å². The molecule has 3 aliphatic rings. The molecule has 27 heavy (non-hydrogen) atoms. The van der Waals surface area contributed by atoms with Gasteiger partial charge in [-0.05, 0) is 55.4 Å². The van der Waals surface area contributed by atoms with E-state index in [1.165, 1.54) is 0 Å². The molecule has 2 N–H and O–H groups in total. The van der Waals surface area contributed by atoms with Crippen LogP contribution in [0.4, 0.5) is 0 Å². The molecule has 146 valence electrons. The Hall–Kier alpha value is -1.63. The molecule has 1 unspecified atom stereocenters. The quantitative estimate of drug-likeness (QED) is 0.855. The van der Waals surface area contributed by atoms with Crippen LogP contribution in [0, 0.1) is 5.41 Å². The van der Waals surface area contributed by atoms with E-state index in [9.17, 15) is 4.79 Å². The summed E-state index contributed by atoms with van der Waals surface area (Å²) in [5.74, 6) is 0.229. The SMILES string of the molecule is COCCN1C(=O)C2(N=C1N)c1cc(Cl)ccc1CC21CCC(OC)CC1. The zero-order valence-electron chi connectivity index (χ0n) is 15.8. The third-order valence-electron chi connectivity index (χ3n) is 6.61. The normalized spacial score (nSPS) is 32.4. The largest absolute Gasteiger partial charge is 0.383 e. The number of carbonyl (C=O) groups excluding carboxylic acids is 1. The number of carbonyl (C=O) groups is 1. The van der Waals surface area contributed by atoms with Crippen molar-refractivity contribution in [2.75, 3.05) is 27.4 Å². The molecule has 0 bridgehead atoms. The summed E-state index contributed by atoms with van der Waals surface area (Å²) in [7, 11) is 3.37. The number of guanidine groups is 1. The van der Waals surface area contributed by atoms with Crippen LogP contribution in [-0.4, -0.2) is 50.2 Å². The van der Waals surface area contributed by atoms with Crippen molar-refractivity contribution in [1.82, 2.24) is 4.90 Å². The van der Waals surface area contributed by atoms with Crippen molar-refractivity contribution in [1.29, 1.82) is 0 Å². The second-order valence-electron chi connectivity index (χ2n) is 7.82. The van der Waals surface area contributed by atoms with Gasteiger partial charge in [0.1, 0.15) is 0 Å². The van der Waals surface area contributed by atoms with Gasteiger partial charge in [0.15, 0.2) is 11.5 Å². The molecule has 1 heterocycles. The lowest BCUT2D eigenvalue weighted by molar-refractivity contribution is -0.138. The number of nitrogens with two attached hydrogens (primary N) is 1. The van der Waals surface area contributed by atoms with Crippen LogP contribution in [0.2, 0.25) is 5.02 Å². The number of ether oxygens (including phenoxy) is 2. The first-order valence-corrected chi connectivity index (χ1v) is 9.83. The van der Waals surface area contributed by atoms with E-state index in [0.717, 1.165) is 43.2 Å². The molecule has 2 spiro atoms. The van der Waals surface area contributed by atoms with Gasteiger partial charge in [0.25, 0.3) is 5.91 Å². The van der Waals surface area contributed by atoms with Crippen LogP contribution in [0.25, 0.3) is 0 Å². The van der Waals surface area contributed by atoms with E-state index in [-0.39, 0.29) is 23.4 Å². The molecule has 7 heteroatoms. The molecule has 1 saturated carbocycles. The fraction of sp³-hybridized carbons (Fsp3) is 0.600. The minimum Gasteiger partial charge on any atom is -0.383 e. The number of hydrogen-bond acceptors (Lipinski definition) is 5. The van der Waals surface area contributed by atoms with Crippen molar-refractivity contribution in [2.24, 2.45) is 16.1 Å². The fourth-order valence-corrected chi connectivity index (χ4v) is 5.41. The Morgan fingerprint density at radius 3 is 2.74 bits per heavy atom. The zero-order valence-corrected chi connectivity index (χ0v) is 16.6. The highest BCUT2D eigenvalue weighted by Crippen LogP contribution is 2.62. The smallest absolute Gasteiger partial charge is 0.262 e. The van der Waals surface area contributed by atoms with Crippen LogP contribution in [0.15, 0.2) is 23.2 Å². The molecule has 0 radical (unpaired) electrons. The molecule has 6 nitrogen and oxygen atoms in total. The summed E-state index contributed by atoms with van der Waals surface area (Å²) < 4.78 is 10.7. The number of aliphatic imine (C=N–C) groups is 1. The number of nitrogens with zero attached hydrogens (tertiary/aromatic N) is 2.